The minimum absolute atomic E-state index is 0.0571. The lowest BCUT2D eigenvalue weighted by Gasteiger charge is -2.24. The van der Waals surface area contributed by atoms with Gasteiger partial charge in [0.25, 0.3) is 0 Å². The molecule has 1 aromatic rings. The second kappa shape index (κ2) is 6.54. The number of hydrogen-bond donors (Lipinski definition) is 1. The van der Waals surface area contributed by atoms with E-state index in [1.54, 1.807) is 33.6 Å². The summed E-state index contributed by atoms with van der Waals surface area (Å²) in [6, 6.07) is 1.94. The number of thioether (sulfide) groups is 1. The average molecular weight is 256 g/mol. The molecule has 1 heterocycles. The minimum atomic E-state index is 0.0571. The van der Waals surface area contributed by atoms with Gasteiger partial charge in [-0.1, -0.05) is 0 Å². The lowest BCUT2D eigenvalue weighted by atomic mass is 10.2. The molecule has 5 nitrogen and oxygen atoms in total. The van der Waals surface area contributed by atoms with Crippen LogP contribution in [0.4, 0.5) is 5.82 Å². The van der Waals surface area contributed by atoms with Crippen molar-refractivity contribution in [3.63, 3.8) is 0 Å². The maximum atomic E-state index is 11.9. The van der Waals surface area contributed by atoms with Crippen molar-refractivity contribution in [2.45, 2.75) is 25.9 Å². The molecule has 0 aliphatic heterocycles. The normalized spacial score (nSPS) is 12.4. The SMILES string of the molecule is CSCCC(C)N(C)C(=O)Cn1ccc(N)n1. The maximum Gasteiger partial charge on any atom is 0.244 e. The molecular formula is C11H20N4OS. The molecule has 96 valence electrons. The number of nitrogens with two attached hydrogens (primary N) is 1. The predicted molar refractivity (Wildman–Crippen MR) is 71.9 cm³/mol. The highest BCUT2D eigenvalue weighted by Crippen LogP contribution is 2.07. The summed E-state index contributed by atoms with van der Waals surface area (Å²) in [5.74, 6) is 1.56. The molecule has 0 spiro atoms. The Kier molecular flexibility index (Phi) is 5.34. The summed E-state index contributed by atoms with van der Waals surface area (Å²) in [5, 5.41) is 4.00. The van der Waals surface area contributed by atoms with Crippen molar-refractivity contribution in [2.24, 2.45) is 0 Å². The van der Waals surface area contributed by atoms with E-state index in [0.717, 1.165) is 12.2 Å². The van der Waals surface area contributed by atoms with E-state index in [1.165, 1.54) is 0 Å². The van der Waals surface area contributed by atoms with Gasteiger partial charge in [0.15, 0.2) is 0 Å². The monoisotopic (exact) mass is 256 g/mol. The fourth-order valence-electron chi connectivity index (χ4n) is 1.44. The third kappa shape index (κ3) is 4.30. The molecule has 1 unspecified atom stereocenters. The Morgan fingerprint density at radius 3 is 2.94 bits per heavy atom. The fraction of sp³-hybridized carbons (Fsp3) is 0.636. The van der Waals surface area contributed by atoms with Crippen LogP contribution in [-0.2, 0) is 11.3 Å². The number of nitrogens with zero attached hydrogens (tertiary/aromatic N) is 3. The first kappa shape index (κ1) is 13.9. The first-order valence-electron chi connectivity index (χ1n) is 5.58. The summed E-state index contributed by atoms with van der Waals surface area (Å²) in [5.41, 5.74) is 5.50. The van der Waals surface area contributed by atoms with Crippen molar-refractivity contribution in [2.75, 3.05) is 24.8 Å². The lowest BCUT2D eigenvalue weighted by Crippen LogP contribution is -2.37. The minimum Gasteiger partial charge on any atom is -0.382 e. The van der Waals surface area contributed by atoms with Crippen LogP contribution < -0.4 is 5.73 Å². The smallest absolute Gasteiger partial charge is 0.244 e. The van der Waals surface area contributed by atoms with Gasteiger partial charge in [-0.25, -0.2) is 0 Å². The van der Waals surface area contributed by atoms with Gasteiger partial charge in [-0.15, -0.1) is 0 Å². The van der Waals surface area contributed by atoms with Crippen LogP contribution in [0.2, 0.25) is 0 Å². The first-order chi connectivity index (χ1) is 8.04. The molecule has 6 heteroatoms. The molecule has 1 amide bonds. The van der Waals surface area contributed by atoms with E-state index in [4.69, 9.17) is 5.73 Å². The van der Waals surface area contributed by atoms with Gasteiger partial charge in [-0.2, -0.15) is 16.9 Å². The van der Waals surface area contributed by atoms with Crippen LogP contribution in [-0.4, -0.2) is 45.7 Å². The molecule has 0 aromatic carbocycles. The molecule has 2 N–H and O–H groups in total. The summed E-state index contributed by atoms with van der Waals surface area (Å²) < 4.78 is 1.56. The fourth-order valence-corrected chi connectivity index (χ4v) is 2.02. The molecule has 0 aliphatic rings. The Hall–Kier alpha value is -1.17. The molecule has 0 saturated heterocycles. The number of likely N-dealkylation sites (N-methyl/N-ethyl adjacent to an activating group) is 1. The summed E-state index contributed by atoms with van der Waals surface area (Å²) in [4.78, 5) is 13.7. The van der Waals surface area contributed by atoms with Gasteiger partial charge in [0.2, 0.25) is 5.91 Å². The van der Waals surface area contributed by atoms with E-state index in [2.05, 4.69) is 18.3 Å². The van der Waals surface area contributed by atoms with Crippen molar-refractivity contribution < 1.29 is 4.79 Å². The zero-order valence-electron chi connectivity index (χ0n) is 10.6. The van der Waals surface area contributed by atoms with E-state index >= 15 is 0 Å². The number of carbonyl (C=O) groups is 1. The highest BCUT2D eigenvalue weighted by atomic mass is 32.2. The number of carbonyl (C=O) groups excluding carboxylic acids is 1. The highest BCUT2D eigenvalue weighted by molar-refractivity contribution is 7.98. The van der Waals surface area contributed by atoms with Crippen LogP contribution in [0.25, 0.3) is 0 Å². The van der Waals surface area contributed by atoms with Gasteiger partial charge in [-0.3, -0.25) is 9.48 Å². The Labute approximate surface area is 106 Å². The molecule has 1 aromatic heterocycles. The zero-order valence-corrected chi connectivity index (χ0v) is 11.4. The Balaban J connectivity index is 2.46. The summed E-state index contributed by atoms with van der Waals surface area (Å²) in [6.07, 6.45) is 4.79. The van der Waals surface area contributed by atoms with Crippen molar-refractivity contribution >= 4 is 23.5 Å². The van der Waals surface area contributed by atoms with Gasteiger partial charge in [0.1, 0.15) is 12.4 Å². The second-order valence-electron chi connectivity index (χ2n) is 4.07. The quantitative estimate of drug-likeness (QED) is 0.827. The largest absolute Gasteiger partial charge is 0.382 e. The lowest BCUT2D eigenvalue weighted by molar-refractivity contribution is -0.132. The molecule has 0 saturated carbocycles. The van der Waals surface area contributed by atoms with Crippen LogP contribution in [0.3, 0.4) is 0 Å². The standard InChI is InChI=1S/C11H20N4OS/c1-9(5-7-17-3)14(2)11(16)8-15-6-4-10(12)13-15/h4,6,9H,5,7-8H2,1-3H3,(H2,12,13). The summed E-state index contributed by atoms with van der Waals surface area (Å²) in [6.45, 7) is 2.31. The molecule has 0 fully saturated rings. The van der Waals surface area contributed by atoms with Crippen LogP contribution >= 0.6 is 11.8 Å². The zero-order chi connectivity index (χ0) is 12.8. The van der Waals surface area contributed by atoms with Crippen LogP contribution in [0.1, 0.15) is 13.3 Å². The Morgan fingerprint density at radius 1 is 1.71 bits per heavy atom. The van der Waals surface area contributed by atoms with Gasteiger partial charge < -0.3 is 10.6 Å². The van der Waals surface area contributed by atoms with Gasteiger partial charge in [-0.05, 0) is 31.4 Å². The Morgan fingerprint density at radius 2 is 2.41 bits per heavy atom. The number of anilines is 1. The van der Waals surface area contributed by atoms with Crippen molar-refractivity contribution in [3.05, 3.63) is 12.3 Å². The number of amides is 1. The van der Waals surface area contributed by atoms with Crippen molar-refractivity contribution in [3.8, 4) is 0 Å². The molecule has 0 radical (unpaired) electrons. The molecule has 17 heavy (non-hydrogen) atoms. The topological polar surface area (TPSA) is 64.2 Å². The number of aromatic nitrogens is 2. The van der Waals surface area contributed by atoms with Crippen LogP contribution in [0.5, 0.6) is 0 Å². The highest BCUT2D eigenvalue weighted by Gasteiger charge is 2.15. The van der Waals surface area contributed by atoms with E-state index < -0.39 is 0 Å². The van der Waals surface area contributed by atoms with Gasteiger partial charge >= 0.3 is 0 Å². The van der Waals surface area contributed by atoms with E-state index in [0.29, 0.717) is 5.82 Å². The molecule has 1 atom stereocenters. The number of nitrogen functional groups attached to an aromatic ring is 1. The summed E-state index contributed by atoms with van der Waals surface area (Å²) in [7, 11) is 1.83. The molecular weight excluding hydrogens is 236 g/mol. The maximum absolute atomic E-state index is 11.9. The van der Waals surface area contributed by atoms with Crippen molar-refractivity contribution in [1.82, 2.24) is 14.7 Å². The van der Waals surface area contributed by atoms with E-state index in [-0.39, 0.29) is 18.5 Å². The summed E-state index contributed by atoms with van der Waals surface area (Å²) >= 11 is 1.79. The molecule has 0 aliphatic carbocycles. The third-order valence-corrected chi connectivity index (χ3v) is 3.40. The van der Waals surface area contributed by atoms with Gasteiger partial charge in [0.05, 0.1) is 0 Å². The number of rotatable bonds is 6. The van der Waals surface area contributed by atoms with E-state index in [1.807, 2.05) is 7.05 Å². The predicted octanol–water partition coefficient (Wildman–Crippen LogP) is 1.07. The molecule has 1 rings (SSSR count). The van der Waals surface area contributed by atoms with Gasteiger partial charge in [0, 0.05) is 19.3 Å². The van der Waals surface area contributed by atoms with Crippen LogP contribution in [0, 0.1) is 0 Å². The third-order valence-electron chi connectivity index (χ3n) is 2.75. The average Bonchev–Trinajstić information content (AvgIpc) is 2.70. The van der Waals surface area contributed by atoms with Crippen molar-refractivity contribution in [1.29, 1.82) is 0 Å². The molecule has 0 bridgehead atoms. The Bertz CT molecular complexity index is 366. The number of hydrogen-bond acceptors (Lipinski definition) is 4. The first-order valence-corrected chi connectivity index (χ1v) is 6.97. The van der Waals surface area contributed by atoms with E-state index in [9.17, 15) is 4.79 Å². The second-order valence-corrected chi connectivity index (χ2v) is 5.06. The van der Waals surface area contributed by atoms with Crippen LogP contribution in [0.15, 0.2) is 12.3 Å².